The van der Waals surface area contributed by atoms with Crippen LogP contribution in [-0.2, 0) is 4.74 Å². The van der Waals surface area contributed by atoms with Crippen LogP contribution in [0.2, 0.25) is 0 Å². The van der Waals surface area contributed by atoms with Crippen LogP contribution in [-0.4, -0.2) is 42.9 Å². The standard InChI is InChI=1S/C10H20N2OS/c1-3-6-11-10(14)12-7-4-9(13-2)5-8-12/h9H,3-8H2,1-2H3,(H,11,14). The number of nitrogens with zero attached hydrogens (tertiary/aromatic N) is 1. The normalized spacial score (nSPS) is 18.3. The maximum absolute atomic E-state index is 5.31. The maximum Gasteiger partial charge on any atom is 0.168 e. The van der Waals surface area contributed by atoms with E-state index in [1.165, 1.54) is 0 Å². The number of likely N-dealkylation sites (tertiary alicyclic amines) is 1. The van der Waals surface area contributed by atoms with Gasteiger partial charge in [0, 0.05) is 26.7 Å². The van der Waals surface area contributed by atoms with Gasteiger partial charge in [0.05, 0.1) is 6.10 Å². The van der Waals surface area contributed by atoms with E-state index in [0.29, 0.717) is 6.10 Å². The molecular formula is C10H20N2OS. The van der Waals surface area contributed by atoms with Gasteiger partial charge in [-0.05, 0) is 31.5 Å². The molecule has 1 N–H and O–H groups in total. The van der Waals surface area contributed by atoms with Gasteiger partial charge in [-0.2, -0.15) is 0 Å². The number of hydrogen-bond acceptors (Lipinski definition) is 2. The van der Waals surface area contributed by atoms with Gasteiger partial charge in [0.1, 0.15) is 0 Å². The average Bonchev–Trinajstić information content (AvgIpc) is 2.26. The summed E-state index contributed by atoms with van der Waals surface area (Å²) in [5.41, 5.74) is 0. The molecule has 4 heteroatoms. The summed E-state index contributed by atoms with van der Waals surface area (Å²) < 4.78 is 5.31. The molecule has 1 fully saturated rings. The predicted octanol–water partition coefficient (Wildman–Crippen LogP) is 1.38. The smallest absolute Gasteiger partial charge is 0.168 e. The Morgan fingerprint density at radius 1 is 1.50 bits per heavy atom. The molecule has 0 radical (unpaired) electrons. The number of piperidine rings is 1. The van der Waals surface area contributed by atoms with Gasteiger partial charge in [-0.15, -0.1) is 0 Å². The minimum atomic E-state index is 0.431. The second-order valence-electron chi connectivity index (χ2n) is 3.65. The molecule has 0 amide bonds. The molecule has 0 bridgehead atoms. The van der Waals surface area contributed by atoms with Crippen LogP contribution in [0.15, 0.2) is 0 Å². The molecule has 1 aliphatic rings. The van der Waals surface area contributed by atoms with Crippen LogP contribution in [0, 0.1) is 0 Å². The number of hydrogen-bond donors (Lipinski definition) is 1. The van der Waals surface area contributed by atoms with Crippen LogP contribution < -0.4 is 5.32 Å². The van der Waals surface area contributed by atoms with E-state index >= 15 is 0 Å². The van der Waals surface area contributed by atoms with Gasteiger partial charge in [0.25, 0.3) is 0 Å². The molecule has 0 unspecified atom stereocenters. The molecule has 1 aliphatic heterocycles. The summed E-state index contributed by atoms with van der Waals surface area (Å²) in [6, 6.07) is 0. The zero-order chi connectivity index (χ0) is 10.4. The van der Waals surface area contributed by atoms with Crippen molar-refractivity contribution in [1.82, 2.24) is 10.2 Å². The zero-order valence-corrected chi connectivity index (χ0v) is 9.90. The molecular weight excluding hydrogens is 196 g/mol. The average molecular weight is 216 g/mol. The van der Waals surface area contributed by atoms with Gasteiger partial charge in [0.2, 0.25) is 0 Å². The molecule has 0 aromatic carbocycles. The fourth-order valence-electron chi connectivity index (χ4n) is 1.64. The first-order valence-electron chi connectivity index (χ1n) is 5.33. The Kier molecular flexibility index (Phi) is 5.19. The molecule has 3 nitrogen and oxygen atoms in total. The first-order valence-corrected chi connectivity index (χ1v) is 5.74. The lowest BCUT2D eigenvalue weighted by Gasteiger charge is -2.33. The van der Waals surface area contributed by atoms with Gasteiger partial charge in [0.15, 0.2) is 5.11 Å². The van der Waals surface area contributed by atoms with E-state index in [2.05, 4.69) is 17.1 Å². The van der Waals surface area contributed by atoms with Gasteiger partial charge >= 0.3 is 0 Å². The second kappa shape index (κ2) is 6.19. The second-order valence-corrected chi connectivity index (χ2v) is 4.04. The minimum Gasteiger partial charge on any atom is -0.381 e. The highest BCUT2D eigenvalue weighted by Gasteiger charge is 2.19. The van der Waals surface area contributed by atoms with Gasteiger partial charge in [-0.25, -0.2) is 0 Å². The monoisotopic (exact) mass is 216 g/mol. The van der Waals surface area contributed by atoms with Crippen molar-refractivity contribution in [3.8, 4) is 0 Å². The van der Waals surface area contributed by atoms with E-state index < -0.39 is 0 Å². The van der Waals surface area contributed by atoms with Gasteiger partial charge in [-0.3, -0.25) is 0 Å². The van der Waals surface area contributed by atoms with E-state index in [1.54, 1.807) is 7.11 Å². The Labute approximate surface area is 91.8 Å². The van der Waals surface area contributed by atoms with Gasteiger partial charge in [-0.1, -0.05) is 6.92 Å². The quantitative estimate of drug-likeness (QED) is 0.720. The topological polar surface area (TPSA) is 24.5 Å². The van der Waals surface area contributed by atoms with Crippen molar-refractivity contribution < 1.29 is 4.74 Å². The minimum absolute atomic E-state index is 0.431. The van der Waals surface area contributed by atoms with Crippen molar-refractivity contribution in [3.63, 3.8) is 0 Å². The van der Waals surface area contributed by atoms with E-state index in [4.69, 9.17) is 17.0 Å². The molecule has 14 heavy (non-hydrogen) atoms. The predicted molar refractivity (Wildman–Crippen MR) is 62.5 cm³/mol. The summed E-state index contributed by atoms with van der Waals surface area (Å²) in [5.74, 6) is 0. The largest absolute Gasteiger partial charge is 0.381 e. The first-order chi connectivity index (χ1) is 6.77. The van der Waals surface area contributed by atoms with Crippen LogP contribution in [0.5, 0.6) is 0 Å². The van der Waals surface area contributed by atoms with E-state index in [-0.39, 0.29) is 0 Å². The van der Waals surface area contributed by atoms with Crippen molar-refractivity contribution >= 4 is 17.3 Å². The first kappa shape index (κ1) is 11.7. The lowest BCUT2D eigenvalue weighted by Crippen LogP contribution is -2.45. The van der Waals surface area contributed by atoms with Gasteiger partial charge < -0.3 is 15.0 Å². The van der Waals surface area contributed by atoms with E-state index in [9.17, 15) is 0 Å². The summed E-state index contributed by atoms with van der Waals surface area (Å²) in [7, 11) is 1.79. The zero-order valence-electron chi connectivity index (χ0n) is 9.08. The third-order valence-corrected chi connectivity index (χ3v) is 2.99. The molecule has 1 rings (SSSR count). The SMILES string of the molecule is CCCNC(=S)N1CCC(OC)CC1. The Balaban J connectivity index is 2.23. The third kappa shape index (κ3) is 3.42. The number of thiocarbonyl (C=S) groups is 1. The van der Waals surface area contributed by atoms with Crippen LogP contribution >= 0.6 is 12.2 Å². The van der Waals surface area contributed by atoms with Crippen LogP contribution in [0.3, 0.4) is 0 Å². The molecule has 0 atom stereocenters. The highest BCUT2D eigenvalue weighted by atomic mass is 32.1. The van der Waals surface area contributed by atoms with Crippen molar-refractivity contribution in [2.45, 2.75) is 32.3 Å². The number of ether oxygens (including phenoxy) is 1. The lowest BCUT2D eigenvalue weighted by molar-refractivity contribution is 0.0577. The Morgan fingerprint density at radius 3 is 2.64 bits per heavy atom. The molecule has 0 spiro atoms. The van der Waals surface area contributed by atoms with Crippen molar-refractivity contribution in [3.05, 3.63) is 0 Å². The van der Waals surface area contributed by atoms with Crippen molar-refractivity contribution in [2.24, 2.45) is 0 Å². The summed E-state index contributed by atoms with van der Waals surface area (Å²) in [5, 5.41) is 4.16. The molecule has 0 aromatic heterocycles. The summed E-state index contributed by atoms with van der Waals surface area (Å²) >= 11 is 5.29. The Hall–Kier alpha value is -0.350. The summed E-state index contributed by atoms with van der Waals surface area (Å²) in [6.45, 7) is 5.16. The molecule has 0 aliphatic carbocycles. The fraction of sp³-hybridized carbons (Fsp3) is 0.900. The molecule has 82 valence electrons. The number of rotatable bonds is 3. The van der Waals surface area contributed by atoms with E-state index in [1.807, 2.05) is 0 Å². The Morgan fingerprint density at radius 2 is 2.14 bits per heavy atom. The van der Waals surface area contributed by atoms with Crippen LogP contribution in [0.1, 0.15) is 26.2 Å². The summed E-state index contributed by atoms with van der Waals surface area (Å²) in [4.78, 5) is 2.24. The lowest BCUT2D eigenvalue weighted by atomic mass is 10.1. The molecule has 0 saturated carbocycles. The maximum atomic E-state index is 5.31. The van der Waals surface area contributed by atoms with Crippen LogP contribution in [0.25, 0.3) is 0 Å². The third-order valence-electron chi connectivity index (χ3n) is 2.59. The number of methoxy groups -OCH3 is 1. The number of nitrogens with one attached hydrogen (secondary N) is 1. The molecule has 1 heterocycles. The summed E-state index contributed by atoms with van der Waals surface area (Å²) in [6.07, 6.45) is 3.73. The van der Waals surface area contributed by atoms with Crippen molar-refractivity contribution in [1.29, 1.82) is 0 Å². The molecule has 1 saturated heterocycles. The highest BCUT2D eigenvalue weighted by molar-refractivity contribution is 7.80. The fourth-order valence-corrected chi connectivity index (χ4v) is 1.92. The molecule has 0 aromatic rings. The van der Waals surface area contributed by atoms with Crippen LogP contribution in [0.4, 0.5) is 0 Å². The highest BCUT2D eigenvalue weighted by Crippen LogP contribution is 2.12. The van der Waals surface area contributed by atoms with E-state index in [0.717, 1.165) is 44.0 Å². The Bertz CT molecular complexity index is 179. The van der Waals surface area contributed by atoms with Crippen molar-refractivity contribution in [2.75, 3.05) is 26.7 Å².